The molecule has 0 unspecified atom stereocenters. The molecule has 7 nitrogen and oxygen atoms in total. The van der Waals surface area contributed by atoms with Crippen LogP contribution in [0.2, 0.25) is 0 Å². The molecule has 3 aromatic rings. The fourth-order valence-corrected chi connectivity index (χ4v) is 3.72. The van der Waals surface area contributed by atoms with Crippen molar-refractivity contribution in [3.63, 3.8) is 0 Å². The topological polar surface area (TPSA) is 102 Å². The molecule has 1 heterocycles. The van der Waals surface area contributed by atoms with Crippen molar-refractivity contribution >= 4 is 29.4 Å². The molecule has 150 valence electrons. The maximum absolute atomic E-state index is 12.2. The van der Waals surface area contributed by atoms with Gasteiger partial charge in [0.15, 0.2) is 5.16 Å². The number of thioether (sulfide) groups is 1. The smallest absolute Gasteiger partial charge is 0.316 e. The van der Waals surface area contributed by atoms with E-state index >= 15 is 0 Å². The van der Waals surface area contributed by atoms with Gasteiger partial charge in [0.1, 0.15) is 0 Å². The molecule has 0 fully saturated rings. The zero-order valence-electron chi connectivity index (χ0n) is 16.3. The number of benzene rings is 2. The summed E-state index contributed by atoms with van der Waals surface area (Å²) in [6.45, 7) is 4.52. The molecule has 0 aliphatic heterocycles. The number of aromatic nitrogens is 2. The van der Waals surface area contributed by atoms with Gasteiger partial charge < -0.3 is 16.4 Å². The lowest BCUT2D eigenvalue weighted by molar-refractivity contribution is -0.118. The normalized spacial score (nSPS) is 10.6. The minimum atomic E-state index is -0.609. The zero-order chi connectivity index (χ0) is 20.8. The highest BCUT2D eigenvalue weighted by Gasteiger charge is 2.10. The Morgan fingerprint density at radius 2 is 1.79 bits per heavy atom. The van der Waals surface area contributed by atoms with Gasteiger partial charge >= 0.3 is 6.03 Å². The van der Waals surface area contributed by atoms with Gasteiger partial charge in [0, 0.05) is 30.3 Å². The molecule has 0 saturated heterocycles. The number of carbonyl (C=O) groups is 2. The second-order valence-corrected chi connectivity index (χ2v) is 7.62. The minimum Gasteiger partial charge on any atom is -0.351 e. The third kappa shape index (κ3) is 5.86. The summed E-state index contributed by atoms with van der Waals surface area (Å²) in [7, 11) is 0. The van der Waals surface area contributed by atoms with E-state index in [1.54, 1.807) is 18.3 Å². The number of anilines is 1. The predicted octanol–water partition coefficient (Wildman–Crippen LogP) is 3.39. The van der Waals surface area contributed by atoms with Crippen molar-refractivity contribution in [3.8, 4) is 5.69 Å². The number of carbonyl (C=O) groups excluding carboxylic acids is 2. The van der Waals surface area contributed by atoms with Crippen molar-refractivity contribution in [2.75, 3.05) is 11.1 Å². The first-order valence-corrected chi connectivity index (χ1v) is 10.1. The van der Waals surface area contributed by atoms with Crippen LogP contribution in [0.5, 0.6) is 0 Å². The van der Waals surface area contributed by atoms with Crippen LogP contribution in [0, 0.1) is 13.8 Å². The van der Waals surface area contributed by atoms with Gasteiger partial charge in [-0.3, -0.25) is 9.36 Å². The van der Waals surface area contributed by atoms with E-state index in [4.69, 9.17) is 5.73 Å². The second-order valence-electron chi connectivity index (χ2n) is 6.68. The largest absolute Gasteiger partial charge is 0.351 e. The van der Waals surface area contributed by atoms with Crippen LogP contribution in [-0.2, 0) is 11.3 Å². The zero-order valence-corrected chi connectivity index (χ0v) is 17.1. The van der Waals surface area contributed by atoms with E-state index in [2.05, 4.69) is 47.7 Å². The standard InChI is InChI=1S/C21H23N5O2S/c1-14-9-15(2)11-18(10-14)26-8-7-23-21(26)29-13-19(27)24-12-16-3-5-17(6-4-16)25-20(22)28/h3-11H,12-13H2,1-2H3,(H,24,27)(H3,22,25,28). The molecule has 0 atom stereocenters. The quantitative estimate of drug-likeness (QED) is 0.521. The molecule has 4 N–H and O–H groups in total. The van der Waals surface area contributed by atoms with Crippen molar-refractivity contribution in [2.24, 2.45) is 5.73 Å². The van der Waals surface area contributed by atoms with Crippen LogP contribution in [0.25, 0.3) is 5.69 Å². The van der Waals surface area contributed by atoms with E-state index in [1.807, 2.05) is 22.9 Å². The van der Waals surface area contributed by atoms with Crippen LogP contribution in [-0.4, -0.2) is 27.2 Å². The Balaban J connectivity index is 1.54. The molecule has 8 heteroatoms. The number of nitrogens with one attached hydrogen (secondary N) is 2. The van der Waals surface area contributed by atoms with Crippen molar-refractivity contribution in [2.45, 2.75) is 25.5 Å². The number of aryl methyl sites for hydroxylation is 2. The Morgan fingerprint density at radius 3 is 2.45 bits per heavy atom. The first kappa shape index (κ1) is 20.5. The number of nitrogens with zero attached hydrogens (tertiary/aromatic N) is 2. The Bertz CT molecular complexity index is 994. The van der Waals surface area contributed by atoms with Gasteiger partial charge in [0.2, 0.25) is 5.91 Å². The number of amides is 3. The number of primary amides is 1. The van der Waals surface area contributed by atoms with Crippen molar-refractivity contribution in [3.05, 3.63) is 71.5 Å². The lowest BCUT2D eigenvalue weighted by atomic mass is 10.1. The molecule has 3 amide bonds. The third-order valence-corrected chi connectivity index (χ3v) is 5.10. The van der Waals surface area contributed by atoms with Crippen molar-refractivity contribution in [1.82, 2.24) is 14.9 Å². The molecule has 3 rings (SSSR count). The molecular formula is C21H23N5O2S. The fraction of sp³-hybridized carbons (Fsp3) is 0.190. The molecule has 0 radical (unpaired) electrons. The van der Waals surface area contributed by atoms with Gasteiger partial charge in [0.25, 0.3) is 0 Å². The Labute approximate surface area is 173 Å². The van der Waals surface area contributed by atoms with Gasteiger partial charge in [-0.2, -0.15) is 0 Å². The molecule has 0 spiro atoms. The van der Waals surface area contributed by atoms with E-state index in [-0.39, 0.29) is 11.7 Å². The van der Waals surface area contributed by atoms with Crippen LogP contribution in [0.15, 0.2) is 60.0 Å². The predicted molar refractivity (Wildman–Crippen MR) is 115 cm³/mol. The maximum atomic E-state index is 12.2. The van der Waals surface area contributed by atoms with Gasteiger partial charge in [-0.25, -0.2) is 9.78 Å². The molecule has 2 aromatic carbocycles. The van der Waals surface area contributed by atoms with Crippen LogP contribution in [0.1, 0.15) is 16.7 Å². The van der Waals surface area contributed by atoms with Crippen LogP contribution in [0.3, 0.4) is 0 Å². The summed E-state index contributed by atoms with van der Waals surface area (Å²) >= 11 is 1.39. The van der Waals surface area contributed by atoms with Gasteiger partial charge in [0.05, 0.1) is 5.75 Å². The van der Waals surface area contributed by atoms with Gasteiger partial charge in [-0.1, -0.05) is 30.0 Å². The number of hydrogen-bond donors (Lipinski definition) is 3. The highest BCUT2D eigenvalue weighted by Crippen LogP contribution is 2.22. The van der Waals surface area contributed by atoms with Crippen molar-refractivity contribution < 1.29 is 9.59 Å². The summed E-state index contributed by atoms with van der Waals surface area (Å²) in [6.07, 6.45) is 3.63. The number of imidazole rings is 1. The summed E-state index contributed by atoms with van der Waals surface area (Å²) in [5, 5.41) is 6.16. The summed E-state index contributed by atoms with van der Waals surface area (Å²) in [5.41, 5.74) is 10.0. The van der Waals surface area contributed by atoms with Gasteiger partial charge in [-0.15, -0.1) is 0 Å². The lowest BCUT2D eigenvalue weighted by Gasteiger charge is -2.10. The molecule has 0 bridgehead atoms. The average Bonchev–Trinajstić information content (AvgIpc) is 3.13. The average molecular weight is 410 g/mol. The van der Waals surface area contributed by atoms with E-state index < -0.39 is 6.03 Å². The Hall–Kier alpha value is -3.26. The monoisotopic (exact) mass is 409 g/mol. The first-order chi connectivity index (χ1) is 13.9. The summed E-state index contributed by atoms with van der Waals surface area (Å²) < 4.78 is 1.99. The molecule has 0 aliphatic carbocycles. The Kier molecular flexibility index (Phi) is 6.56. The summed E-state index contributed by atoms with van der Waals surface area (Å²) in [4.78, 5) is 27.4. The van der Waals surface area contributed by atoms with Crippen molar-refractivity contribution in [1.29, 1.82) is 0 Å². The lowest BCUT2D eigenvalue weighted by Crippen LogP contribution is -2.24. The number of urea groups is 1. The van der Waals surface area contributed by atoms with E-state index in [0.29, 0.717) is 12.2 Å². The van der Waals surface area contributed by atoms with Crippen LogP contribution >= 0.6 is 11.8 Å². The molecular weight excluding hydrogens is 386 g/mol. The number of nitrogens with two attached hydrogens (primary N) is 1. The van der Waals surface area contributed by atoms with Crippen LogP contribution < -0.4 is 16.4 Å². The SMILES string of the molecule is Cc1cc(C)cc(-n2ccnc2SCC(=O)NCc2ccc(NC(N)=O)cc2)c1. The highest BCUT2D eigenvalue weighted by atomic mass is 32.2. The first-order valence-electron chi connectivity index (χ1n) is 9.07. The highest BCUT2D eigenvalue weighted by molar-refractivity contribution is 7.99. The van der Waals surface area contributed by atoms with E-state index in [9.17, 15) is 9.59 Å². The molecule has 0 aliphatic rings. The summed E-state index contributed by atoms with van der Waals surface area (Å²) in [6, 6.07) is 12.8. The maximum Gasteiger partial charge on any atom is 0.316 e. The molecule has 0 saturated carbocycles. The molecule has 29 heavy (non-hydrogen) atoms. The number of rotatable bonds is 7. The number of hydrogen-bond acceptors (Lipinski definition) is 4. The fourth-order valence-electron chi connectivity index (χ4n) is 2.91. The molecule has 1 aromatic heterocycles. The minimum absolute atomic E-state index is 0.0793. The van der Waals surface area contributed by atoms with E-state index in [1.165, 1.54) is 22.9 Å². The third-order valence-electron chi connectivity index (χ3n) is 4.13. The summed E-state index contributed by atoms with van der Waals surface area (Å²) in [5.74, 6) is 0.188. The Morgan fingerprint density at radius 1 is 1.10 bits per heavy atom. The van der Waals surface area contributed by atoms with E-state index in [0.717, 1.165) is 16.4 Å². The van der Waals surface area contributed by atoms with Crippen LogP contribution in [0.4, 0.5) is 10.5 Å². The second kappa shape index (κ2) is 9.29. The van der Waals surface area contributed by atoms with Gasteiger partial charge in [-0.05, 0) is 54.8 Å².